The molecular formula is C17H36O2Si. The van der Waals surface area contributed by atoms with Crippen molar-refractivity contribution in [3.63, 3.8) is 0 Å². The zero-order valence-electron chi connectivity index (χ0n) is 14.8. The van der Waals surface area contributed by atoms with Crippen molar-refractivity contribution in [3.05, 3.63) is 0 Å². The smallest absolute Gasteiger partial charge is 0.191 e. The minimum Gasteiger partial charge on any atom is -0.417 e. The predicted molar refractivity (Wildman–Crippen MR) is 89.5 cm³/mol. The molecule has 0 radical (unpaired) electrons. The molecule has 0 bridgehead atoms. The Morgan fingerprint density at radius 1 is 0.950 bits per heavy atom. The Hall–Kier alpha value is 0.137. The van der Waals surface area contributed by atoms with Gasteiger partial charge in [-0.1, -0.05) is 20.8 Å². The van der Waals surface area contributed by atoms with Crippen LogP contribution in [0.15, 0.2) is 0 Å². The van der Waals surface area contributed by atoms with Crippen molar-refractivity contribution in [2.75, 3.05) is 6.61 Å². The van der Waals surface area contributed by atoms with Crippen LogP contribution >= 0.6 is 0 Å². The van der Waals surface area contributed by atoms with Crippen molar-refractivity contribution < 1.29 is 9.53 Å². The minimum absolute atomic E-state index is 0.311. The van der Waals surface area contributed by atoms with Gasteiger partial charge in [-0.25, -0.2) is 0 Å². The van der Waals surface area contributed by atoms with E-state index in [0.717, 1.165) is 18.9 Å². The molecule has 0 aromatic heterocycles. The van der Waals surface area contributed by atoms with E-state index in [1.165, 1.54) is 25.7 Å². The Labute approximate surface area is 127 Å². The largest absolute Gasteiger partial charge is 0.417 e. The van der Waals surface area contributed by atoms with Crippen molar-refractivity contribution in [3.8, 4) is 0 Å². The molecule has 2 nitrogen and oxygen atoms in total. The number of rotatable bonds is 5. The van der Waals surface area contributed by atoms with E-state index in [4.69, 9.17) is 4.43 Å². The lowest BCUT2D eigenvalue weighted by Gasteiger charge is -2.38. The first kappa shape index (κ1) is 18.2. The molecule has 0 spiro atoms. The Balaban J connectivity index is 2.33. The Morgan fingerprint density at radius 3 is 1.80 bits per heavy atom. The van der Waals surface area contributed by atoms with E-state index >= 15 is 0 Å². The summed E-state index contributed by atoms with van der Waals surface area (Å²) >= 11 is 0. The summed E-state index contributed by atoms with van der Waals surface area (Å²) in [5.74, 6) is 1.45. The van der Waals surface area contributed by atoms with Crippen LogP contribution in [-0.4, -0.2) is 25.6 Å². The van der Waals surface area contributed by atoms with Gasteiger partial charge in [-0.2, -0.15) is 0 Å². The summed E-state index contributed by atoms with van der Waals surface area (Å²) in [5.41, 5.74) is -0.505. The van der Waals surface area contributed by atoms with Gasteiger partial charge in [-0.15, -0.1) is 0 Å². The second-order valence-electron chi connectivity index (χ2n) is 8.97. The molecule has 3 heteroatoms. The molecule has 1 aliphatic rings. The average Bonchev–Trinajstić information content (AvgIpc) is 2.24. The van der Waals surface area contributed by atoms with Crippen molar-refractivity contribution >= 4 is 8.32 Å². The molecule has 0 saturated heterocycles. The molecule has 1 fully saturated rings. The molecule has 0 aromatic carbocycles. The Kier molecular flexibility index (Phi) is 5.90. The van der Waals surface area contributed by atoms with E-state index in [9.17, 15) is 5.11 Å². The maximum Gasteiger partial charge on any atom is 0.191 e. The third kappa shape index (κ3) is 5.86. The lowest BCUT2D eigenvalue weighted by Crippen LogP contribution is -2.42. The zero-order valence-corrected chi connectivity index (χ0v) is 15.8. The summed E-state index contributed by atoms with van der Waals surface area (Å²) in [5, 5.41) is 10.2. The second kappa shape index (κ2) is 6.49. The van der Waals surface area contributed by atoms with Crippen LogP contribution in [0.2, 0.25) is 18.1 Å². The molecule has 120 valence electrons. The first-order chi connectivity index (χ1) is 8.91. The highest BCUT2D eigenvalue weighted by Gasteiger charge is 2.38. The normalized spacial score (nSPS) is 25.8. The van der Waals surface area contributed by atoms with Crippen LogP contribution in [0, 0.1) is 11.8 Å². The zero-order chi connectivity index (χ0) is 15.6. The molecule has 0 heterocycles. The fourth-order valence-corrected chi connectivity index (χ4v) is 3.94. The van der Waals surface area contributed by atoms with E-state index in [-0.39, 0.29) is 0 Å². The monoisotopic (exact) mass is 300 g/mol. The fraction of sp³-hybridized carbons (Fsp3) is 1.00. The minimum atomic E-state index is -1.58. The average molecular weight is 301 g/mol. The van der Waals surface area contributed by atoms with Crippen LogP contribution in [0.1, 0.15) is 66.7 Å². The highest BCUT2D eigenvalue weighted by Crippen LogP contribution is 2.38. The van der Waals surface area contributed by atoms with Crippen LogP contribution in [0.25, 0.3) is 0 Å². The molecule has 1 saturated carbocycles. The molecule has 0 aliphatic heterocycles. The van der Waals surface area contributed by atoms with Crippen LogP contribution in [0.3, 0.4) is 0 Å². The van der Waals surface area contributed by atoms with Crippen molar-refractivity contribution in [2.45, 2.75) is 90.5 Å². The molecule has 1 N–H and O–H groups in total. The van der Waals surface area contributed by atoms with E-state index in [2.05, 4.69) is 33.9 Å². The Bertz CT molecular complexity index is 291. The molecule has 1 aliphatic carbocycles. The maximum absolute atomic E-state index is 9.92. The van der Waals surface area contributed by atoms with Gasteiger partial charge in [0.2, 0.25) is 0 Å². The van der Waals surface area contributed by atoms with Gasteiger partial charge in [0, 0.05) is 6.61 Å². The molecule has 0 unspecified atom stereocenters. The topological polar surface area (TPSA) is 29.5 Å². The second-order valence-corrected chi connectivity index (χ2v) is 13.8. The van der Waals surface area contributed by atoms with Crippen LogP contribution in [0.4, 0.5) is 0 Å². The van der Waals surface area contributed by atoms with Crippen molar-refractivity contribution in [1.82, 2.24) is 0 Å². The summed E-state index contributed by atoms with van der Waals surface area (Å²) in [6, 6.07) is 0. The number of hydrogen-bond acceptors (Lipinski definition) is 2. The molecule has 0 amide bonds. The maximum atomic E-state index is 9.92. The van der Waals surface area contributed by atoms with Crippen LogP contribution in [0.5, 0.6) is 0 Å². The lowest BCUT2D eigenvalue weighted by atomic mass is 9.78. The van der Waals surface area contributed by atoms with Crippen molar-refractivity contribution in [2.24, 2.45) is 11.8 Å². The SMILES string of the molecule is CC(C)(O)CC1CCC(CO[Si](C)(C)C(C)(C)C)CC1. The molecule has 1 rings (SSSR count). The summed E-state index contributed by atoms with van der Waals surface area (Å²) in [4.78, 5) is 0. The third-order valence-corrected chi connectivity index (χ3v) is 9.74. The van der Waals surface area contributed by atoms with E-state index in [1.54, 1.807) is 0 Å². The summed E-state index contributed by atoms with van der Waals surface area (Å²) < 4.78 is 6.36. The van der Waals surface area contributed by atoms with E-state index < -0.39 is 13.9 Å². The van der Waals surface area contributed by atoms with Gasteiger partial charge in [0.15, 0.2) is 8.32 Å². The van der Waals surface area contributed by atoms with E-state index in [1.807, 2.05) is 13.8 Å². The van der Waals surface area contributed by atoms with E-state index in [0.29, 0.717) is 11.0 Å². The van der Waals surface area contributed by atoms with Gasteiger partial charge < -0.3 is 9.53 Å². The highest BCUT2D eigenvalue weighted by atomic mass is 28.4. The first-order valence-corrected chi connectivity index (χ1v) is 11.2. The van der Waals surface area contributed by atoms with Gasteiger partial charge in [0.25, 0.3) is 0 Å². The van der Waals surface area contributed by atoms with Crippen LogP contribution < -0.4 is 0 Å². The fourth-order valence-electron chi connectivity index (χ4n) is 2.85. The first-order valence-electron chi connectivity index (χ1n) is 8.27. The van der Waals surface area contributed by atoms with Gasteiger partial charge in [0.05, 0.1) is 5.60 Å². The number of aliphatic hydroxyl groups is 1. The van der Waals surface area contributed by atoms with Crippen molar-refractivity contribution in [1.29, 1.82) is 0 Å². The van der Waals surface area contributed by atoms with Gasteiger partial charge >= 0.3 is 0 Å². The molecular weight excluding hydrogens is 264 g/mol. The third-order valence-electron chi connectivity index (χ3n) is 5.24. The molecule has 0 aromatic rings. The van der Waals surface area contributed by atoms with Gasteiger partial charge in [0.1, 0.15) is 0 Å². The van der Waals surface area contributed by atoms with Crippen LogP contribution in [-0.2, 0) is 4.43 Å². The summed E-state index contributed by atoms with van der Waals surface area (Å²) in [7, 11) is -1.58. The van der Waals surface area contributed by atoms with Gasteiger partial charge in [-0.3, -0.25) is 0 Å². The van der Waals surface area contributed by atoms with Gasteiger partial charge in [-0.05, 0) is 75.9 Å². The lowest BCUT2D eigenvalue weighted by molar-refractivity contribution is 0.0396. The Morgan fingerprint density at radius 2 is 1.40 bits per heavy atom. The standard InChI is InChI=1S/C17H36O2Si/c1-16(2,3)20(6,7)19-13-15-10-8-14(9-11-15)12-17(4,5)18/h14-15,18H,8-13H2,1-7H3. The number of hydrogen-bond donors (Lipinski definition) is 1. The summed E-state index contributed by atoms with van der Waals surface area (Å²) in [6.07, 6.45) is 6.01. The quantitative estimate of drug-likeness (QED) is 0.726. The highest BCUT2D eigenvalue weighted by molar-refractivity contribution is 6.74. The molecule has 0 atom stereocenters. The predicted octanol–water partition coefficient (Wildman–Crippen LogP) is 4.98. The summed E-state index contributed by atoms with van der Waals surface area (Å²) in [6.45, 7) is 16.4. The molecule has 20 heavy (non-hydrogen) atoms.